The van der Waals surface area contributed by atoms with E-state index in [1.807, 2.05) is 0 Å². The highest BCUT2D eigenvalue weighted by Gasteiger charge is 2.16. The molecule has 0 saturated heterocycles. The Balaban J connectivity index is 4.11. The molecule has 0 saturated carbocycles. The van der Waals surface area contributed by atoms with Crippen molar-refractivity contribution in [3.63, 3.8) is 0 Å². The fraction of sp³-hybridized carbons (Fsp3) is 0.750. The summed E-state index contributed by atoms with van der Waals surface area (Å²) < 4.78 is 5.37. The van der Waals surface area contributed by atoms with Crippen LogP contribution in [-0.2, 0) is 9.53 Å². The van der Waals surface area contributed by atoms with E-state index in [-0.39, 0.29) is 11.9 Å². The topological polar surface area (TPSA) is 26.3 Å². The van der Waals surface area contributed by atoms with Gasteiger partial charge in [-0.25, -0.2) is 0 Å². The number of ketones is 1. The van der Waals surface area contributed by atoms with Gasteiger partial charge >= 0.3 is 0 Å². The minimum absolute atomic E-state index is 0.161. The van der Waals surface area contributed by atoms with Crippen LogP contribution in [0.15, 0.2) is 11.6 Å². The normalized spacial score (nSPS) is 14.6. The van der Waals surface area contributed by atoms with Crippen molar-refractivity contribution in [1.82, 2.24) is 0 Å². The van der Waals surface area contributed by atoms with Gasteiger partial charge in [-0.1, -0.05) is 18.6 Å². The molecule has 0 radical (unpaired) electrons. The molecule has 0 rings (SSSR count). The van der Waals surface area contributed by atoms with E-state index in [9.17, 15) is 4.79 Å². The second kappa shape index (κ2) is 6.77. The van der Waals surface area contributed by atoms with Crippen molar-refractivity contribution in [3.05, 3.63) is 11.6 Å². The van der Waals surface area contributed by atoms with Crippen molar-refractivity contribution in [2.75, 3.05) is 7.11 Å². The smallest absolute Gasteiger partial charge is 0.130 e. The number of rotatable bonds is 6. The third-order valence-corrected chi connectivity index (χ3v) is 2.31. The summed E-state index contributed by atoms with van der Waals surface area (Å²) in [7, 11) is 1.71. The zero-order valence-corrected chi connectivity index (χ0v) is 9.96. The number of allylic oxidation sites excluding steroid dienone is 1. The molecule has 0 aromatic heterocycles. The Morgan fingerprint density at radius 2 is 1.93 bits per heavy atom. The highest BCUT2D eigenvalue weighted by Crippen LogP contribution is 2.16. The Bertz CT molecular complexity index is 202. The predicted molar refractivity (Wildman–Crippen MR) is 59.3 cm³/mol. The average molecular weight is 198 g/mol. The minimum Gasteiger partial charge on any atom is -0.381 e. The molecular weight excluding hydrogens is 176 g/mol. The highest BCUT2D eigenvalue weighted by molar-refractivity contribution is 5.75. The molecule has 0 aliphatic rings. The van der Waals surface area contributed by atoms with E-state index < -0.39 is 0 Å². The van der Waals surface area contributed by atoms with Crippen LogP contribution in [0.4, 0.5) is 0 Å². The van der Waals surface area contributed by atoms with Crippen molar-refractivity contribution in [2.45, 2.75) is 46.6 Å². The van der Waals surface area contributed by atoms with E-state index in [0.717, 1.165) is 6.42 Å². The van der Waals surface area contributed by atoms with E-state index in [0.29, 0.717) is 12.3 Å². The van der Waals surface area contributed by atoms with Crippen molar-refractivity contribution in [2.24, 2.45) is 5.92 Å². The summed E-state index contributed by atoms with van der Waals surface area (Å²) in [6.45, 7) is 7.84. The number of carbonyl (C=O) groups is 1. The van der Waals surface area contributed by atoms with Crippen LogP contribution < -0.4 is 0 Å². The number of carbonyl (C=O) groups excluding carboxylic acids is 1. The first-order chi connectivity index (χ1) is 6.47. The van der Waals surface area contributed by atoms with Crippen molar-refractivity contribution < 1.29 is 9.53 Å². The molecule has 0 heterocycles. The Kier molecular flexibility index (Phi) is 6.46. The van der Waals surface area contributed by atoms with Gasteiger partial charge in [-0.05, 0) is 33.1 Å². The summed E-state index contributed by atoms with van der Waals surface area (Å²) >= 11 is 0. The van der Waals surface area contributed by atoms with Gasteiger partial charge in [0.05, 0.1) is 6.10 Å². The molecule has 14 heavy (non-hydrogen) atoms. The van der Waals surface area contributed by atoms with Crippen molar-refractivity contribution in [1.29, 1.82) is 0 Å². The van der Waals surface area contributed by atoms with Gasteiger partial charge in [0, 0.05) is 13.5 Å². The molecular formula is C12H22O2. The van der Waals surface area contributed by atoms with E-state index in [4.69, 9.17) is 4.74 Å². The Labute approximate surface area is 87.3 Å². The summed E-state index contributed by atoms with van der Waals surface area (Å²) in [6, 6.07) is 0. The van der Waals surface area contributed by atoms with Crippen LogP contribution in [0.25, 0.3) is 0 Å². The van der Waals surface area contributed by atoms with Crippen LogP contribution in [0, 0.1) is 5.92 Å². The Hall–Kier alpha value is -0.630. The first-order valence-electron chi connectivity index (χ1n) is 5.13. The lowest BCUT2D eigenvalue weighted by Crippen LogP contribution is -2.21. The van der Waals surface area contributed by atoms with Crippen LogP contribution in [0.3, 0.4) is 0 Å². The number of hydrogen-bond donors (Lipinski definition) is 0. The van der Waals surface area contributed by atoms with E-state index in [1.165, 1.54) is 5.57 Å². The standard InChI is InChI=1S/C12H22O2/c1-9(2)6-7-12(14-5)10(3)8-11(4)13/h6,10,12H,7-8H2,1-5H3/t10-,12-/m1/s1. The molecule has 0 fully saturated rings. The van der Waals surface area contributed by atoms with Crippen LogP contribution in [0.1, 0.15) is 40.5 Å². The number of ether oxygens (including phenoxy) is 1. The Morgan fingerprint density at radius 1 is 1.36 bits per heavy atom. The number of hydrogen-bond acceptors (Lipinski definition) is 2. The average Bonchev–Trinajstić information content (AvgIpc) is 2.03. The molecule has 2 heteroatoms. The summed E-state index contributed by atoms with van der Waals surface area (Å²) in [5, 5.41) is 0. The van der Waals surface area contributed by atoms with Gasteiger partial charge in [-0.3, -0.25) is 0 Å². The summed E-state index contributed by atoms with van der Waals surface area (Å²) in [5.74, 6) is 0.532. The van der Waals surface area contributed by atoms with Gasteiger partial charge in [-0.2, -0.15) is 0 Å². The Morgan fingerprint density at radius 3 is 2.29 bits per heavy atom. The quantitative estimate of drug-likeness (QED) is 0.613. The van der Waals surface area contributed by atoms with E-state index in [2.05, 4.69) is 26.8 Å². The highest BCUT2D eigenvalue weighted by atomic mass is 16.5. The molecule has 2 atom stereocenters. The zero-order valence-electron chi connectivity index (χ0n) is 9.96. The van der Waals surface area contributed by atoms with Crippen molar-refractivity contribution in [3.8, 4) is 0 Å². The molecule has 0 bridgehead atoms. The SMILES string of the molecule is CO[C@H](CC=C(C)C)[C@H](C)CC(C)=O. The second-order valence-corrected chi connectivity index (χ2v) is 4.17. The predicted octanol–water partition coefficient (Wildman–Crippen LogP) is 2.97. The van der Waals surface area contributed by atoms with Gasteiger partial charge in [-0.15, -0.1) is 0 Å². The third-order valence-electron chi connectivity index (χ3n) is 2.31. The van der Waals surface area contributed by atoms with Crippen LogP contribution in [0.5, 0.6) is 0 Å². The largest absolute Gasteiger partial charge is 0.381 e. The van der Waals surface area contributed by atoms with Crippen LogP contribution in [-0.4, -0.2) is 19.0 Å². The maximum absolute atomic E-state index is 10.9. The monoisotopic (exact) mass is 198 g/mol. The zero-order chi connectivity index (χ0) is 11.1. The number of methoxy groups -OCH3 is 1. The summed E-state index contributed by atoms with van der Waals surface area (Å²) in [5.41, 5.74) is 1.29. The fourth-order valence-corrected chi connectivity index (χ4v) is 1.50. The molecule has 0 aromatic rings. The first kappa shape index (κ1) is 13.4. The van der Waals surface area contributed by atoms with Crippen LogP contribution >= 0.6 is 0 Å². The van der Waals surface area contributed by atoms with Crippen molar-refractivity contribution >= 4 is 5.78 Å². The van der Waals surface area contributed by atoms with Gasteiger partial charge in [0.1, 0.15) is 5.78 Å². The second-order valence-electron chi connectivity index (χ2n) is 4.17. The maximum Gasteiger partial charge on any atom is 0.130 e. The van der Waals surface area contributed by atoms with E-state index in [1.54, 1.807) is 14.0 Å². The lowest BCUT2D eigenvalue weighted by Gasteiger charge is -2.20. The molecule has 0 N–H and O–H groups in total. The van der Waals surface area contributed by atoms with Gasteiger partial charge in [0.2, 0.25) is 0 Å². The van der Waals surface area contributed by atoms with Gasteiger partial charge < -0.3 is 9.53 Å². The molecule has 0 aliphatic carbocycles. The lowest BCUT2D eigenvalue weighted by molar-refractivity contribution is -0.118. The molecule has 0 amide bonds. The first-order valence-corrected chi connectivity index (χ1v) is 5.13. The van der Waals surface area contributed by atoms with Gasteiger partial charge in [0.25, 0.3) is 0 Å². The summed E-state index contributed by atoms with van der Waals surface area (Å²) in [4.78, 5) is 10.9. The molecule has 0 spiro atoms. The molecule has 2 nitrogen and oxygen atoms in total. The molecule has 0 aliphatic heterocycles. The third kappa shape index (κ3) is 5.92. The maximum atomic E-state index is 10.9. The van der Waals surface area contributed by atoms with E-state index >= 15 is 0 Å². The lowest BCUT2D eigenvalue weighted by atomic mass is 9.96. The fourth-order valence-electron chi connectivity index (χ4n) is 1.50. The molecule has 0 unspecified atom stereocenters. The molecule has 82 valence electrons. The van der Waals surface area contributed by atoms with Gasteiger partial charge in [0.15, 0.2) is 0 Å². The molecule has 0 aromatic carbocycles. The summed E-state index contributed by atoms with van der Waals surface area (Å²) in [6.07, 6.45) is 3.82. The minimum atomic E-state index is 0.161. The number of Topliss-reactive ketones (excluding diaryl/α,β-unsaturated/α-hetero) is 1. The van der Waals surface area contributed by atoms with Crippen LogP contribution in [0.2, 0.25) is 0 Å².